The highest BCUT2D eigenvalue weighted by atomic mass is 32.2. The average molecular weight is 315 g/mol. The summed E-state index contributed by atoms with van der Waals surface area (Å²) in [4.78, 5) is 12.3. The van der Waals surface area contributed by atoms with Crippen LogP contribution < -0.4 is 4.31 Å². The van der Waals surface area contributed by atoms with E-state index in [1.165, 1.54) is 4.31 Å². The molecule has 0 aliphatic carbocycles. The molecule has 0 radical (unpaired) electrons. The van der Waals surface area contributed by atoms with Crippen LogP contribution in [0, 0.1) is 6.92 Å². The third kappa shape index (κ3) is 2.52. The number of para-hydroxylation sites is 1. The number of Topliss-reactive ketones (excluding diaryl/α,β-unsaturated/α-hetero) is 1. The van der Waals surface area contributed by atoms with Gasteiger partial charge in [-0.3, -0.25) is 9.10 Å². The van der Waals surface area contributed by atoms with Gasteiger partial charge in [-0.2, -0.15) is 0 Å². The van der Waals surface area contributed by atoms with Crippen molar-refractivity contribution in [3.8, 4) is 0 Å². The monoisotopic (exact) mass is 315 g/mol. The second kappa shape index (κ2) is 5.57. The molecule has 0 spiro atoms. The van der Waals surface area contributed by atoms with Gasteiger partial charge < -0.3 is 0 Å². The van der Waals surface area contributed by atoms with Crippen molar-refractivity contribution in [2.45, 2.75) is 24.7 Å². The lowest BCUT2D eigenvalue weighted by Gasteiger charge is -2.24. The predicted octanol–water partition coefficient (Wildman–Crippen LogP) is 2.71. The second-order valence-corrected chi connectivity index (χ2v) is 7.28. The fourth-order valence-corrected chi connectivity index (χ4v) is 4.46. The van der Waals surface area contributed by atoms with Gasteiger partial charge in [0.05, 0.1) is 17.1 Å². The molecule has 1 aliphatic rings. The zero-order valence-corrected chi connectivity index (χ0v) is 13.1. The highest BCUT2D eigenvalue weighted by molar-refractivity contribution is 7.93. The Bertz CT molecular complexity index is 827. The molecule has 0 amide bonds. The fourth-order valence-electron chi connectivity index (χ4n) is 2.74. The van der Waals surface area contributed by atoms with Crippen LogP contribution in [0.4, 0.5) is 5.69 Å². The Kier molecular flexibility index (Phi) is 3.74. The lowest BCUT2D eigenvalue weighted by Crippen LogP contribution is -2.35. The topological polar surface area (TPSA) is 54.5 Å². The minimum atomic E-state index is -3.75. The first kappa shape index (κ1) is 14.8. The Hall–Kier alpha value is -2.14. The van der Waals surface area contributed by atoms with Crippen LogP contribution in [0.5, 0.6) is 0 Å². The summed E-state index contributed by atoms with van der Waals surface area (Å²) in [5, 5.41) is 0. The van der Waals surface area contributed by atoms with Crippen LogP contribution in [0.2, 0.25) is 0 Å². The summed E-state index contributed by atoms with van der Waals surface area (Å²) in [6.07, 6.45) is 0.950. The maximum atomic E-state index is 13.0. The van der Waals surface area contributed by atoms with Crippen molar-refractivity contribution in [2.24, 2.45) is 0 Å². The zero-order valence-electron chi connectivity index (χ0n) is 12.3. The highest BCUT2D eigenvalue weighted by Crippen LogP contribution is 2.31. The normalized spacial score (nSPS) is 15.3. The molecule has 114 valence electrons. The van der Waals surface area contributed by atoms with Crippen molar-refractivity contribution in [1.82, 2.24) is 0 Å². The molecular formula is C17H17NO3S. The minimum Gasteiger partial charge on any atom is -0.298 e. The standard InChI is InChI=1S/C17H17NO3S/c1-13-6-2-5-9-17(13)22(20,21)18-12-15(19)11-10-14-7-3-4-8-16(14)18/h2-9H,10-12H2,1H3. The van der Waals surface area contributed by atoms with Crippen LogP contribution in [-0.2, 0) is 21.2 Å². The van der Waals surface area contributed by atoms with E-state index in [0.717, 1.165) is 5.56 Å². The van der Waals surface area contributed by atoms with Crippen molar-refractivity contribution >= 4 is 21.5 Å². The van der Waals surface area contributed by atoms with E-state index in [1.54, 1.807) is 43.3 Å². The van der Waals surface area contributed by atoms with Gasteiger partial charge in [-0.25, -0.2) is 8.42 Å². The SMILES string of the molecule is Cc1ccccc1S(=O)(=O)N1CC(=O)CCc2ccccc21. The molecule has 22 heavy (non-hydrogen) atoms. The number of carbonyl (C=O) groups is 1. The van der Waals surface area contributed by atoms with E-state index in [0.29, 0.717) is 24.1 Å². The number of fused-ring (bicyclic) bond motifs is 1. The summed E-state index contributed by atoms with van der Waals surface area (Å²) in [5.41, 5.74) is 2.18. The van der Waals surface area contributed by atoms with Gasteiger partial charge in [0, 0.05) is 6.42 Å². The summed E-state index contributed by atoms with van der Waals surface area (Å²) < 4.78 is 27.3. The third-order valence-corrected chi connectivity index (χ3v) is 5.84. The first-order chi connectivity index (χ1) is 10.5. The molecule has 4 nitrogen and oxygen atoms in total. The lowest BCUT2D eigenvalue weighted by atomic mass is 10.1. The number of rotatable bonds is 2. The molecule has 3 rings (SSSR count). The molecule has 0 saturated heterocycles. The number of hydrogen-bond donors (Lipinski definition) is 0. The lowest BCUT2D eigenvalue weighted by molar-refractivity contribution is -0.117. The summed E-state index contributed by atoms with van der Waals surface area (Å²) >= 11 is 0. The van der Waals surface area contributed by atoms with Crippen LogP contribution in [0.3, 0.4) is 0 Å². The number of anilines is 1. The molecule has 0 saturated carbocycles. The maximum absolute atomic E-state index is 13.0. The minimum absolute atomic E-state index is 0.0617. The smallest absolute Gasteiger partial charge is 0.264 e. The highest BCUT2D eigenvalue weighted by Gasteiger charge is 2.31. The number of carbonyl (C=O) groups excluding carboxylic acids is 1. The van der Waals surface area contributed by atoms with Crippen LogP contribution in [0.1, 0.15) is 17.5 Å². The van der Waals surface area contributed by atoms with Crippen LogP contribution in [0.25, 0.3) is 0 Å². The van der Waals surface area contributed by atoms with Crippen LogP contribution >= 0.6 is 0 Å². The Morgan fingerprint density at radius 1 is 0.955 bits per heavy atom. The van der Waals surface area contributed by atoms with E-state index in [9.17, 15) is 13.2 Å². The molecule has 0 aromatic heterocycles. The summed E-state index contributed by atoms with van der Waals surface area (Å²) in [6.45, 7) is 1.66. The van der Waals surface area contributed by atoms with Gasteiger partial charge in [0.25, 0.3) is 10.0 Å². The number of benzene rings is 2. The van der Waals surface area contributed by atoms with E-state index in [1.807, 2.05) is 12.1 Å². The number of aryl methyl sites for hydroxylation is 2. The van der Waals surface area contributed by atoms with Gasteiger partial charge in [0.1, 0.15) is 0 Å². The fraction of sp³-hybridized carbons (Fsp3) is 0.235. The van der Waals surface area contributed by atoms with E-state index < -0.39 is 10.0 Å². The van der Waals surface area contributed by atoms with Crippen LogP contribution in [0.15, 0.2) is 53.4 Å². The van der Waals surface area contributed by atoms with Gasteiger partial charge in [0.15, 0.2) is 5.78 Å². The molecule has 0 atom stereocenters. The predicted molar refractivity (Wildman–Crippen MR) is 85.5 cm³/mol. The summed E-state index contributed by atoms with van der Waals surface area (Å²) in [6, 6.07) is 14.2. The quantitative estimate of drug-likeness (QED) is 0.856. The molecule has 0 bridgehead atoms. The first-order valence-electron chi connectivity index (χ1n) is 7.18. The van der Waals surface area contributed by atoms with Gasteiger partial charge in [-0.1, -0.05) is 36.4 Å². The number of ketones is 1. The van der Waals surface area contributed by atoms with E-state index in [4.69, 9.17) is 0 Å². The van der Waals surface area contributed by atoms with Crippen LogP contribution in [-0.4, -0.2) is 20.7 Å². The Morgan fingerprint density at radius 3 is 2.41 bits per heavy atom. The third-order valence-electron chi connectivity index (χ3n) is 3.92. The Morgan fingerprint density at radius 2 is 1.64 bits per heavy atom. The average Bonchev–Trinajstić information content (AvgIpc) is 2.68. The molecule has 0 fully saturated rings. The largest absolute Gasteiger partial charge is 0.298 e. The molecule has 1 aliphatic heterocycles. The molecule has 2 aromatic carbocycles. The molecule has 1 heterocycles. The Balaban J connectivity index is 2.17. The second-order valence-electron chi connectivity index (χ2n) is 5.44. The van der Waals surface area contributed by atoms with E-state index in [2.05, 4.69) is 0 Å². The molecule has 0 N–H and O–H groups in total. The zero-order chi connectivity index (χ0) is 15.7. The van der Waals surface area contributed by atoms with Crippen molar-refractivity contribution < 1.29 is 13.2 Å². The first-order valence-corrected chi connectivity index (χ1v) is 8.62. The van der Waals surface area contributed by atoms with Crippen molar-refractivity contribution in [1.29, 1.82) is 0 Å². The summed E-state index contributed by atoms with van der Waals surface area (Å²) in [7, 11) is -3.75. The number of sulfonamides is 1. The Labute approximate surface area is 130 Å². The van der Waals surface area contributed by atoms with E-state index in [-0.39, 0.29) is 17.2 Å². The molecular weight excluding hydrogens is 298 g/mol. The number of nitrogens with zero attached hydrogens (tertiary/aromatic N) is 1. The molecule has 5 heteroatoms. The van der Waals surface area contributed by atoms with Gasteiger partial charge in [-0.15, -0.1) is 0 Å². The molecule has 2 aromatic rings. The van der Waals surface area contributed by atoms with Gasteiger partial charge in [0.2, 0.25) is 0 Å². The maximum Gasteiger partial charge on any atom is 0.264 e. The summed E-state index contributed by atoms with van der Waals surface area (Å²) in [5.74, 6) is -0.0617. The van der Waals surface area contributed by atoms with Gasteiger partial charge >= 0.3 is 0 Å². The van der Waals surface area contributed by atoms with Crippen molar-refractivity contribution in [3.63, 3.8) is 0 Å². The van der Waals surface area contributed by atoms with Gasteiger partial charge in [-0.05, 0) is 36.6 Å². The van der Waals surface area contributed by atoms with Crippen molar-refractivity contribution in [3.05, 3.63) is 59.7 Å². The van der Waals surface area contributed by atoms with E-state index >= 15 is 0 Å². The van der Waals surface area contributed by atoms with Crippen molar-refractivity contribution in [2.75, 3.05) is 10.8 Å². The molecule has 0 unspecified atom stereocenters. The number of hydrogen-bond acceptors (Lipinski definition) is 3.